The summed E-state index contributed by atoms with van der Waals surface area (Å²) >= 11 is 0. The van der Waals surface area contributed by atoms with Gasteiger partial charge < -0.3 is 10.5 Å². The van der Waals surface area contributed by atoms with Crippen LogP contribution >= 0.6 is 0 Å². The van der Waals surface area contributed by atoms with Crippen molar-refractivity contribution in [2.75, 3.05) is 7.11 Å². The number of hydrogen-bond acceptors (Lipinski definition) is 3. The van der Waals surface area contributed by atoms with Gasteiger partial charge in [0.1, 0.15) is 11.6 Å². The van der Waals surface area contributed by atoms with E-state index in [1.54, 1.807) is 12.1 Å². The average molecular weight is 359 g/mol. The predicted molar refractivity (Wildman–Crippen MR) is 98.5 cm³/mol. The van der Waals surface area contributed by atoms with Crippen molar-refractivity contribution in [3.63, 3.8) is 0 Å². The summed E-state index contributed by atoms with van der Waals surface area (Å²) in [5.41, 5.74) is 9.42. The van der Waals surface area contributed by atoms with Gasteiger partial charge in [-0.05, 0) is 66.6 Å². The summed E-state index contributed by atoms with van der Waals surface area (Å²) in [6, 6.07) is 8.81. The van der Waals surface area contributed by atoms with Crippen molar-refractivity contribution >= 4 is 11.7 Å². The molecule has 2 aromatic carbocycles. The summed E-state index contributed by atoms with van der Waals surface area (Å²) in [4.78, 5) is 11.7. The fraction of sp³-hybridized carbons (Fsp3) is 0.286. The number of esters is 1. The van der Waals surface area contributed by atoms with E-state index in [1.807, 2.05) is 26.0 Å². The Bertz CT molecular complexity index is 811. The van der Waals surface area contributed by atoms with Gasteiger partial charge in [0.2, 0.25) is 0 Å². The molecule has 0 aliphatic heterocycles. The van der Waals surface area contributed by atoms with Gasteiger partial charge in [-0.3, -0.25) is 0 Å². The molecular weight excluding hydrogens is 336 g/mol. The van der Waals surface area contributed by atoms with Crippen LogP contribution < -0.4 is 5.73 Å². The van der Waals surface area contributed by atoms with E-state index in [0.29, 0.717) is 23.2 Å². The molecule has 2 rings (SSSR count). The third-order valence-corrected chi connectivity index (χ3v) is 4.32. The number of ether oxygens (including phenoxy) is 1. The second kappa shape index (κ2) is 8.61. The van der Waals surface area contributed by atoms with Crippen LogP contribution in [-0.4, -0.2) is 13.1 Å². The minimum Gasteiger partial charge on any atom is -0.465 e. The molecule has 0 aliphatic rings. The quantitative estimate of drug-likeness (QED) is 0.765. The van der Waals surface area contributed by atoms with E-state index in [1.165, 1.54) is 19.2 Å². The lowest BCUT2D eigenvalue weighted by atomic mass is 9.94. The second-order valence-electron chi connectivity index (χ2n) is 6.29. The fourth-order valence-corrected chi connectivity index (χ4v) is 2.89. The Morgan fingerprint density at radius 2 is 1.85 bits per heavy atom. The first-order valence-corrected chi connectivity index (χ1v) is 8.45. The topological polar surface area (TPSA) is 52.3 Å². The zero-order valence-electron chi connectivity index (χ0n) is 15.2. The Hall–Kier alpha value is -2.69. The number of benzene rings is 2. The van der Waals surface area contributed by atoms with Crippen LogP contribution in [0.25, 0.3) is 5.70 Å². The molecule has 0 radical (unpaired) electrons. The molecule has 0 spiro atoms. The first-order chi connectivity index (χ1) is 12.3. The fourth-order valence-electron chi connectivity index (χ4n) is 2.89. The van der Waals surface area contributed by atoms with E-state index < -0.39 is 17.6 Å². The number of hydrogen-bond donors (Lipinski definition) is 1. The Balaban J connectivity index is 2.22. The van der Waals surface area contributed by atoms with Crippen molar-refractivity contribution in [3.8, 4) is 0 Å². The Morgan fingerprint density at radius 1 is 1.19 bits per heavy atom. The molecule has 0 saturated carbocycles. The lowest BCUT2D eigenvalue weighted by Crippen LogP contribution is -2.07. The first kappa shape index (κ1) is 19.6. The third kappa shape index (κ3) is 4.91. The molecule has 1 unspecified atom stereocenters. The first-order valence-electron chi connectivity index (χ1n) is 8.45. The minimum atomic E-state index is -0.583. The number of aryl methyl sites for hydroxylation is 1. The van der Waals surface area contributed by atoms with Gasteiger partial charge in [-0.2, -0.15) is 0 Å². The van der Waals surface area contributed by atoms with Gasteiger partial charge in [-0.1, -0.05) is 19.1 Å². The zero-order valence-corrected chi connectivity index (χ0v) is 15.2. The normalized spacial score (nSPS) is 12.7. The Kier molecular flexibility index (Phi) is 6.50. The highest BCUT2D eigenvalue weighted by molar-refractivity contribution is 5.91. The van der Waals surface area contributed by atoms with E-state index in [0.717, 1.165) is 23.6 Å². The molecule has 0 fully saturated rings. The van der Waals surface area contributed by atoms with Crippen molar-refractivity contribution in [2.24, 2.45) is 11.7 Å². The number of allylic oxidation sites excluding steroid dienone is 1. The van der Waals surface area contributed by atoms with E-state index in [9.17, 15) is 13.6 Å². The van der Waals surface area contributed by atoms with Crippen LogP contribution in [0.2, 0.25) is 0 Å². The van der Waals surface area contributed by atoms with Gasteiger partial charge in [0.05, 0.1) is 12.7 Å². The van der Waals surface area contributed by atoms with Crippen molar-refractivity contribution in [3.05, 3.63) is 76.4 Å². The number of nitrogens with two attached hydrogens (primary N) is 1. The van der Waals surface area contributed by atoms with Crippen molar-refractivity contribution in [2.45, 2.75) is 26.7 Å². The molecule has 0 saturated heterocycles. The van der Waals surface area contributed by atoms with Crippen molar-refractivity contribution in [1.82, 2.24) is 0 Å². The van der Waals surface area contributed by atoms with E-state index in [2.05, 4.69) is 0 Å². The van der Waals surface area contributed by atoms with Crippen LogP contribution in [-0.2, 0) is 11.2 Å². The van der Waals surface area contributed by atoms with Gasteiger partial charge in [0, 0.05) is 11.8 Å². The molecule has 26 heavy (non-hydrogen) atoms. The molecule has 5 heteroatoms. The molecule has 1 atom stereocenters. The molecule has 3 nitrogen and oxygen atoms in total. The lowest BCUT2D eigenvalue weighted by Gasteiger charge is -2.13. The number of methoxy groups -OCH3 is 1. The summed E-state index contributed by atoms with van der Waals surface area (Å²) in [7, 11) is 1.34. The van der Waals surface area contributed by atoms with Crippen LogP contribution in [0, 0.1) is 24.5 Å². The van der Waals surface area contributed by atoms with Crippen LogP contribution in [0.1, 0.15) is 40.4 Å². The van der Waals surface area contributed by atoms with Crippen LogP contribution in [0.15, 0.2) is 42.5 Å². The monoisotopic (exact) mass is 359 g/mol. The summed E-state index contributed by atoms with van der Waals surface area (Å²) in [5, 5.41) is 0. The summed E-state index contributed by atoms with van der Waals surface area (Å²) in [6.45, 7) is 3.81. The van der Waals surface area contributed by atoms with E-state index in [-0.39, 0.29) is 5.92 Å². The standard InChI is InChI=1S/C21H23F2NO2/c1-4-14(8-15-9-17(22)12-18(23)10-15)11-20(24)16-5-6-19(13(2)7-16)21(25)26-3/h5-7,9-12,14H,4,8,24H2,1-3H3/b20-11-. The highest BCUT2D eigenvalue weighted by Gasteiger charge is 2.12. The molecule has 0 amide bonds. The van der Waals surface area contributed by atoms with E-state index in [4.69, 9.17) is 10.5 Å². The van der Waals surface area contributed by atoms with Crippen molar-refractivity contribution < 1.29 is 18.3 Å². The van der Waals surface area contributed by atoms with Gasteiger partial charge in [-0.25, -0.2) is 13.6 Å². The maximum Gasteiger partial charge on any atom is 0.338 e. The molecule has 2 aromatic rings. The van der Waals surface area contributed by atoms with Gasteiger partial charge >= 0.3 is 5.97 Å². The molecule has 0 aromatic heterocycles. The van der Waals surface area contributed by atoms with Crippen LogP contribution in [0.5, 0.6) is 0 Å². The third-order valence-electron chi connectivity index (χ3n) is 4.32. The SMILES string of the molecule is CCC(/C=C(\N)c1ccc(C(=O)OC)c(C)c1)Cc1cc(F)cc(F)c1. The Labute approximate surface area is 152 Å². The molecule has 0 heterocycles. The molecule has 0 bridgehead atoms. The number of halogens is 2. The largest absolute Gasteiger partial charge is 0.465 e. The van der Waals surface area contributed by atoms with Crippen LogP contribution in [0.3, 0.4) is 0 Å². The summed E-state index contributed by atoms with van der Waals surface area (Å²) in [6.07, 6.45) is 3.17. The highest BCUT2D eigenvalue weighted by Crippen LogP contribution is 2.21. The van der Waals surface area contributed by atoms with Gasteiger partial charge in [0.25, 0.3) is 0 Å². The summed E-state index contributed by atoms with van der Waals surface area (Å²) in [5.74, 6) is -1.52. The lowest BCUT2D eigenvalue weighted by molar-refractivity contribution is 0.0600. The number of carbonyl (C=O) groups excluding carboxylic acids is 1. The van der Waals surface area contributed by atoms with Crippen molar-refractivity contribution in [1.29, 1.82) is 0 Å². The Morgan fingerprint density at radius 3 is 2.38 bits per heavy atom. The summed E-state index contributed by atoms with van der Waals surface area (Å²) < 4.78 is 31.5. The second-order valence-corrected chi connectivity index (χ2v) is 6.29. The number of rotatable bonds is 6. The smallest absolute Gasteiger partial charge is 0.338 e. The minimum absolute atomic E-state index is 0.0387. The van der Waals surface area contributed by atoms with Gasteiger partial charge in [-0.15, -0.1) is 0 Å². The average Bonchev–Trinajstić information content (AvgIpc) is 2.59. The van der Waals surface area contributed by atoms with Crippen LogP contribution in [0.4, 0.5) is 8.78 Å². The maximum absolute atomic E-state index is 13.4. The number of carbonyl (C=O) groups is 1. The maximum atomic E-state index is 13.4. The predicted octanol–water partition coefficient (Wildman–Crippen LogP) is 4.63. The molecule has 0 aliphatic carbocycles. The van der Waals surface area contributed by atoms with Gasteiger partial charge in [0.15, 0.2) is 0 Å². The zero-order chi connectivity index (χ0) is 19.3. The highest BCUT2D eigenvalue weighted by atomic mass is 19.1. The van der Waals surface area contributed by atoms with E-state index >= 15 is 0 Å². The molecular formula is C21H23F2NO2. The molecule has 138 valence electrons. The molecule has 2 N–H and O–H groups in total.